The number of piperidine rings is 1. The van der Waals surface area contributed by atoms with E-state index in [1.807, 2.05) is 32.9 Å². The molecule has 0 saturated carbocycles. The number of thiocarbonyl (C=S) groups is 1. The summed E-state index contributed by atoms with van der Waals surface area (Å²) in [5.41, 5.74) is -0.578. The van der Waals surface area contributed by atoms with E-state index in [1.54, 1.807) is 4.90 Å². The number of amides is 1. The SMILES string of the molecule is CC(C)(C)OC(=O)N1C[C@H](N=C=S)C[C@H](O[Si](c2ccccc2)(c2ccccc2)C(C)(C)C)C1. The van der Waals surface area contributed by atoms with E-state index in [0.29, 0.717) is 19.5 Å². The number of likely N-dealkylation sites (tertiary alicyclic amines) is 1. The third-order valence-corrected chi connectivity index (χ3v) is 11.2. The summed E-state index contributed by atoms with van der Waals surface area (Å²) in [5, 5.41) is 4.76. The Bertz CT molecular complexity index is 972. The molecule has 2 aromatic carbocycles. The summed E-state index contributed by atoms with van der Waals surface area (Å²) in [5.74, 6) is 0. The van der Waals surface area contributed by atoms with Crippen LogP contribution < -0.4 is 10.4 Å². The molecule has 7 heteroatoms. The fourth-order valence-electron chi connectivity index (χ4n) is 4.70. The van der Waals surface area contributed by atoms with Crippen LogP contribution in [0.25, 0.3) is 0 Å². The number of benzene rings is 2. The second-order valence-electron chi connectivity index (χ2n) is 10.9. The van der Waals surface area contributed by atoms with Crippen molar-refractivity contribution in [3.63, 3.8) is 0 Å². The Hall–Kier alpha value is -2.31. The van der Waals surface area contributed by atoms with Gasteiger partial charge in [-0.15, -0.1) is 0 Å². The summed E-state index contributed by atoms with van der Waals surface area (Å²) in [6, 6.07) is 20.9. The van der Waals surface area contributed by atoms with Crippen molar-refractivity contribution in [1.82, 2.24) is 4.90 Å². The van der Waals surface area contributed by atoms with Gasteiger partial charge in [-0.2, -0.15) is 0 Å². The standard InChI is InChI=1S/C27H36N2O3SSi/c1-26(2,3)31-25(30)29-18-21(28-20-33)17-22(19-29)32-34(27(4,5)6,23-13-9-7-10-14-23)24-15-11-8-12-16-24/h7-16,21-22H,17-19H2,1-6H3/t21-,22+/m1/s1. The zero-order chi connectivity index (χ0) is 25.0. The van der Waals surface area contributed by atoms with Crippen LogP contribution in [0.4, 0.5) is 4.79 Å². The fourth-order valence-corrected chi connectivity index (χ4v) is 9.53. The molecular weight excluding hydrogens is 460 g/mol. The van der Waals surface area contributed by atoms with Crippen molar-refractivity contribution < 1.29 is 14.0 Å². The van der Waals surface area contributed by atoms with Crippen molar-refractivity contribution in [2.24, 2.45) is 4.99 Å². The van der Waals surface area contributed by atoms with Gasteiger partial charge < -0.3 is 14.1 Å². The van der Waals surface area contributed by atoms with Crippen molar-refractivity contribution in [1.29, 1.82) is 0 Å². The number of isothiocyanates is 1. The number of aliphatic imine (C=N–C) groups is 1. The number of ether oxygens (including phenoxy) is 1. The molecule has 2 atom stereocenters. The molecule has 1 heterocycles. The molecule has 5 nitrogen and oxygen atoms in total. The van der Waals surface area contributed by atoms with Gasteiger partial charge in [0.2, 0.25) is 0 Å². The first-order valence-electron chi connectivity index (χ1n) is 11.8. The van der Waals surface area contributed by atoms with Crippen molar-refractivity contribution >= 4 is 42.2 Å². The number of carbonyl (C=O) groups is 1. The molecule has 3 rings (SSSR count). The monoisotopic (exact) mass is 496 g/mol. The van der Waals surface area contributed by atoms with E-state index < -0.39 is 13.9 Å². The molecule has 1 amide bonds. The van der Waals surface area contributed by atoms with Crippen LogP contribution in [0.15, 0.2) is 65.7 Å². The summed E-state index contributed by atoms with van der Waals surface area (Å²) >= 11 is 4.90. The van der Waals surface area contributed by atoms with E-state index in [4.69, 9.17) is 21.4 Å². The van der Waals surface area contributed by atoms with E-state index in [1.165, 1.54) is 10.4 Å². The summed E-state index contributed by atoms with van der Waals surface area (Å²) in [6.45, 7) is 13.3. The van der Waals surface area contributed by atoms with Gasteiger partial charge in [0.05, 0.1) is 17.3 Å². The van der Waals surface area contributed by atoms with Gasteiger partial charge in [-0.3, -0.25) is 0 Å². The molecule has 2 aromatic rings. The number of rotatable bonds is 5. The molecule has 34 heavy (non-hydrogen) atoms. The van der Waals surface area contributed by atoms with Crippen LogP contribution in [0.1, 0.15) is 48.0 Å². The normalized spacial score (nSPS) is 19.3. The lowest BCUT2D eigenvalue weighted by molar-refractivity contribution is 0.00351. The van der Waals surface area contributed by atoms with Crippen molar-refractivity contribution in [3.8, 4) is 0 Å². The third-order valence-electron chi connectivity index (χ3n) is 6.04. The first-order chi connectivity index (χ1) is 16.0. The van der Waals surface area contributed by atoms with Crippen LogP contribution in [0, 0.1) is 0 Å². The quantitative estimate of drug-likeness (QED) is 0.330. The van der Waals surface area contributed by atoms with Crippen molar-refractivity contribution in [2.45, 2.75) is 70.7 Å². The smallest absolute Gasteiger partial charge is 0.410 e. The lowest BCUT2D eigenvalue weighted by Crippen LogP contribution is -2.69. The van der Waals surface area contributed by atoms with E-state index in [2.05, 4.69) is 79.5 Å². The van der Waals surface area contributed by atoms with Gasteiger partial charge in [0.25, 0.3) is 8.32 Å². The minimum absolute atomic E-state index is 0.160. The number of nitrogens with zero attached hydrogens (tertiary/aromatic N) is 2. The van der Waals surface area contributed by atoms with Gasteiger partial charge in [-0.1, -0.05) is 81.4 Å². The Morgan fingerprint density at radius 2 is 1.50 bits per heavy atom. The van der Waals surface area contributed by atoms with Gasteiger partial charge in [-0.25, -0.2) is 9.79 Å². The number of hydrogen-bond donors (Lipinski definition) is 0. The number of carbonyl (C=O) groups excluding carboxylic acids is 1. The minimum atomic E-state index is -2.77. The number of hydrogen-bond acceptors (Lipinski definition) is 5. The van der Waals surface area contributed by atoms with E-state index in [-0.39, 0.29) is 23.3 Å². The average molecular weight is 497 g/mol. The maximum atomic E-state index is 13.0. The molecule has 0 unspecified atom stereocenters. The summed E-state index contributed by atoms with van der Waals surface area (Å²) in [4.78, 5) is 19.0. The zero-order valence-electron chi connectivity index (χ0n) is 21.1. The molecule has 1 aliphatic heterocycles. The average Bonchev–Trinajstić information content (AvgIpc) is 2.77. The molecule has 1 aliphatic rings. The van der Waals surface area contributed by atoms with Crippen LogP contribution in [0.2, 0.25) is 5.04 Å². The first-order valence-corrected chi connectivity index (χ1v) is 14.1. The van der Waals surface area contributed by atoms with Gasteiger partial charge >= 0.3 is 6.09 Å². The zero-order valence-corrected chi connectivity index (χ0v) is 22.9. The van der Waals surface area contributed by atoms with Crippen LogP contribution in [0.5, 0.6) is 0 Å². The van der Waals surface area contributed by atoms with Crippen LogP contribution >= 0.6 is 12.2 Å². The molecule has 1 saturated heterocycles. The highest BCUT2D eigenvalue weighted by molar-refractivity contribution is 7.78. The highest BCUT2D eigenvalue weighted by atomic mass is 32.1. The van der Waals surface area contributed by atoms with Gasteiger partial charge in [0.15, 0.2) is 0 Å². The summed E-state index contributed by atoms with van der Waals surface area (Å²) in [6.07, 6.45) is 0.102. The second-order valence-corrected chi connectivity index (χ2v) is 15.3. The molecule has 0 radical (unpaired) electrons. The maximum absolute atomic E-state index is 13.0. The predicted octanol–water partition coefficient (Wildman–Crippen LogP) is 5.04. The highest BCUT2D eigenvalue weighted by Crippen LogP contribution is 2.38. The van der Waals surface area contributed by atoms with Gasteiger partial charge in [0, 0.05) is 13.1 Å². The van der Waals surface area contributed by atoms with Crippen LogP contribution in [-0.2, 0) is 9.16 Å². The van der Waals surface area contributed by atoms with E-state index >= 15 is 0 Å². The Balaban J connectivity index is 2.05. The van der Waals surface area contributed by atoms with E-state index in [9.17, 15) is 4.79 Å². The van der Waals surface area contributed by atoms with Crippen molar-refractivity contribution in [2.75, 3.05) is 13.1 Å². The topological polar surface area (TPSA) is 51.1 Å². The maximum Gasteiger partial charge on any atom is 0.410 e. The molecule has 0 spiro atoms. The molecule has 0 N–H and O–H groups in total. The fraction of sp³-hybridized carbons (Fsp3) is 0.481. The molecule has 0 aromatic heterocycles. The highest BCUT2D eigenvalue weighted by Gasteiger charge is 2.52. The summed E-state index contributed by atoms with van der Waals surface area (Å²) in [7, 11) is -2.77. The second kappa shape index (κ2) is 10.5. The van der Waals surface area contributed by atoms with Gasteiger partial charge in [-0.05, 0) is 54.8 Å². The molecule has 1 fully saturated rings. The molecular formula is C27H36N2O3SSi. The Morgan fingerprint density at radius 1 is 0.971 bits per heavy atom. The van der Waals surface area contributed by atoms with E-state index in [0.717, 1.165) is 0 Å². The lowest BCUT2D eigenvalue weighted by Gasteiger charge is -2.47. The Labute approximate surface area is 210 Å². The molecule has 0 aliphatic carbocycles. The van der Waals surface area contributed by atoms with Crippen molar-refractivity contribution in [3.05, 3.63) is 60.7 Å². The molecule has 182 valence electrons. The van der Waals surface area contributed by atoms with Crippen LogP contribution in [-0.4, -0.2) is 55.3 Å². The minimum Gasteiger partial charge on any atom is -0.444 e. The lowest BCUT2D eigenvalue weighted by atomic mass is 10.0. The van der Waals surface area contributed by atoms with Gasteiger partial charge in [0.1, 0.15) is 5.60 Å². The molecule has 0 bridgehead atoms. The largest absolute Gasteiger partial charge is 0.444 e. The summed E-state index contributed by atoms with van der Waals surface area (Å²) < 4.78 is 12.9. The Kier molecular flexibility index (Phi) is 8.14. The Morgan fingerprint density at radius 3 is 1.94 bits per heavy atom. The first kappa shape index (κ1) is 26.3. The third kappa shape index (κ3) is 6.02. The van der Waals surface area contributed by atoms with Crippen LogP contribution in [0.3, 0.4) is 0 Å². The predicted molar refractivity (Wildman–Crippen MR) is 144 cm³/mol.